The molecule has 2 heteroatoms. The second kappa shape index (κ2) is 5.41. The van der Waals surface area contributed by atoms with Crippen molar-refractivity contribution in [3.63, 3.8) is 0 Å². The normalized spacial score (nSPS) is 30.1. The molecule has 2 nitrogen and oxygen atoms in total. The molecule has 2 fully saturated rings. The molecule has 1 saturated carbocycles. The van der Waals surface area contributed by atoms with Gasteiger partial charge in [-0.25, -0.2) is 0 Å². The Morgan fingerprint density at radius 3 is 2.61 bits per heavy atom. The minimum Gasteiger partial charge on any atom is -0.381 e. The van der Waals surface area contributed by atoms with Crippen LogP contribution in [-0.2, 0) is 4.74 Å². The van der Waals surface area contributed by atoms with E-state index in [0.717, 1.165) is 31.0 Å². The van der Waals surface area contributed by atoms with Gasteiger partial charge in [0.05, 0.1) is 0 Å². The van der Waals surface area contributed by atoms with E-state index in [4.69, 9.17) is 10.5 Å². The molecule has 1 aliphatic heterocycles. The van der Waals surface area contributed by atoms with Crippen molar-refractivity contribution in [1.29, 1.82) is 0 Å². The van der Waals surface area contributed by atoms with Crippen molar-refractivity contribution in [2.45, 2.75) is 37.6 Å². The summed E-state index contributed by atoms with van der Waals surface area (Å²) < 4.78 is 5.41. The summed E-state index contributed by atoms with van der Waals surface area (Å²) in [5.41, 5.74) is 7.87. The van der Waals surface area contributed by atoms with Gasteiger partial charge in [0.15, 0.2) is 0 Å². The van der Waals surface area contributed by atoms with E-state index in [1.54, 1.807) is 0 Å². The van der Waals surface area contributed by atoms with Crippen molar-refractivity contribution in [2.75, 3.05) is 13.2 Å². The molecule has 2 N–H and O–H groups in total. The average molecular weight is 245 g/mol. The maximum atomic E-state index is 6.40. The molecule has 1 aliphatic carbocycles. The summed E-state index contributed by atoms with van der Waals surface area (Å²) in [5.74, 6) is 2.24. The zero-order chi connectivity index (χ0) is 12.4. The molecular weight excluding hydrogens is 222 g/mol. The molecule has 0 spiro atoms. The molecule has 0 aromatic heterocycles. The zero-order valence-electron chi connectivity index (χ0n) is 10.9. The van der Waals surface area contributed by atoms with E-state index in [9.17, 15) is 0 Å². The summed E-state index contributed by atoms with van der Waals surface area (Å²) in [5, 5.41) is 0. The molecule has 3 rings (SSSR count). The van der Waals surface area contributed by atoms with Crippen LogP contribution in [0.3, 0.4) is 0 Å². The Morgan fingerprint density at radius 2 is 1.89 bits per heavy atom. The Labute approximate surface area is 110 Å². The molecule has 1 aromatic carbocycles. The topological polar surface area (TPSA) is 35.2 Å². The van der Waals surface area contributed by atoms with Gasteiger partial charge in [0.1, 0.15) is 0 Å². The van der Waals surface area contributed by atoms with Gasteiger partial charge in [0, 0.05) is 19.3 Å². The molecule has 1 aromatic rings. The van der Waals surface area contributed by atoms with E-state index in [1.807, 2.05) is 0 Å². The maximum Gasteiger partial charge on any atom is 0.0468 e. The minimum atomic E-state index is 0.387. The SMILES string of the molecule is NC(CC1CCOCC1)C1CC1c1ccccc1. The predicted molar refractivity (Wildman–Crippen MR) is 73.4 cm³/mol. The fraction of sp³-hybridized carbons (Fsp3) is 0.625. The predicted octanol–water partition coefficient (Wildman–Crippen LogP) is 2.93. The third-order valence-corrected chi connectivity index (χ3v) is 4.56. The van der Waals surface area contributed by atoms with Crippen molar-refractivity contribution >= 4 is 0 Å². The monoisotopic (exact) mass is 245 g/mol. The summed E-state index contributed by atoms with van der Waals surface area (Å²) >= 11 is 0. The Kier molecular flexibility index (Phi) is 3.67. The molecule has 1 heterocycles. The molecule has 1 saturated heterocycles. The molecule has 18 heavy (non-hydrogen) atoms. The third-order valence-electron chi connectivity index (χ3n) is 4.56. The van der Waals surface area contributed by atoms with Crippen LogP contribution in [0.1, 0.15) is 37.2 Å². The van der Waals surface area contributed by atoms with E-state index in [1.165, 1.54) is 31.2 Å². The van der Waals surface area contributed by atoms with Crippen molar-refractivity contribution in [3.05, 3.63) is 35.9 Å². The van der Waals surface area contributed by atoms with Crippen molar-refractivity contribution in [2.24, 2.45) is 17.6 Å². The number of hydrogen-bond acceptors (Lipinski definition) is 2. The second-order valence-electron chi connectivity index (χ2n) is 5.87. The lowest BCUT2D eigenvalue weighted by atomic mass is 9.90. The van der Waals surface area contributed by atoms with Gasteiger partial charge in [0.2, 0.25) is 0 Å². The lowest BCUT2D eigenvalue weighted by Crippen LogP contribution is -2.29. The van der Waals surface area contributed by atoms with Gasteiger partial charge in [0.25, 0.3) is 0 Å². The van der Waals surface area contributed by atoms with Gasteiger partial charge in [-0.05, 0) is 49.0 Å². The van der Waals surface area contributed by atoms with Crippen LogP contribution >= 0.6 is 0 Å². The van der Waals surface area contributed by atoms with Crippen LogP contribution in [0.15, 0.2) is 30.3 Å². The summed E-state index contributed by atoms with van der Waals surface area (Å²) in [6.07, 6.45) is 4.89. The van der Waals surface area contributed by atoms with Gasteiger partial charge in [-0.3, -0.25) is 0 Å². The van der Waals surface area contributed by atoms with Crippen LogP contribution in [0.25, 0.3) is 0 Å². The standard InChI is InChI=1S/C16H23NO/c17-16(10-12-6-8-18-9-7-12)15-11-14(15)13-4-2-1-3-5-13/h1-5,12,14-16H,6-11,17H2. The van der Waals surface area contributed by atoms with Crippen LogP contribution in [0.4, 0.5) is 0 Å². The number of ether oxygens (including phenoxy) is 1. The highest BCUT2D eigenvalue weighted by Gasteiger charge is 2.42. The summed E-state index contributed by atoms with van der Waals surface area (Å²) in [6.45, 7) is 1.87. The fourth-order valence-corrected chi connectivity index (χ4v) is 3.31. The molecule has 0 radical (unpaired) electrons. The van der Waals surface area contributed by atoms with Gasteiger partial charge in [-0.15, -0.1) is 0 Å². The highest BCUT2D eigenvalue weighted by Crippen LogP contribution is 2.50. The zero-order valence-corrected chi connectivity index (χ0v) is 10.9. The minimum absolute atomic E-state index is 0.387. The molecular formula is C16H23NO. The molecule has 0 bridgehead atoms. The molecule has 3 atom stereocenters. The Hall–Kier alpha value is -0.860. The van der Waals surface area contributed by atoms with Crippen LogP contribution in [0, 0.1) is 11.8 Å². The lowest BCUT2D eigenvalue weighted by Gasteiger charge is -2.25. The van der Waals surface area contributed by atoms with Crippen molar-refractivity contribution in [1.82, 2.24) is 0 Å². The molecule has 2 aliphatic rings. The maximum absolute atomic E-state index is 6.40. The van der Waals surface area contributed by atoms with Crippen molar-refractivity contribution in [3.8, 4) is 0 Å². The summed E-state index contributed by atoms with van der Waals surface area (Å²) in [4.78, 5) is 0. The molecule has 98 valence electrons. The number of nitrogens with two attached hydrogens (primary N) is 1. The number of rotatable bonds is 4. The summed E-state index contributed by atoms with van der Waals surface area (Å²) in [7, 11) is 0. The third kappa shape index (κ3) is 2.76. The van der Waals surface area contributed by atoms with Gasteiger partial charge < -0.3 is 10.5 Å². The Morgan fingerprint density at radius 1 is 1.17 bits per heavy atom. The average Bonchev–Trinajstić information content (AvgIpc) is 3.21. The Bertz CT molecular complexity index is 372. The second-order valence-corrected chi connectivity index (χ2v) is 5.87. The number of hydrogen-bond donors (Lipinski definition) is 1. The van der Waals surface area contributed by atoms with E-state index >= 15 is 0 Å². The first-order valence-electron chi connectivity index (χ1n) is 7.23. The first-order chi connectivity index (χ1) is 8.84. The van der Waals surface area contributed by atoms with Gasteiger partial charge >= 0.3 is 0 Å². The molecule has 3 unspecified atom stereocenters. The highest BCUT2D eigenvalue weighted by molar-refractivity contribution is 5.26. The van der Waals surface area contributed by atoms with Crippen LogP contribution in [0.2, 0.25) is 0 Å². The van der Waals surface area contributed by atoms with E-state index < -0.39 is 0 Å². The Balaban J connectivity index is 1.51. The van der Waals surface area contributed by atoms with Crippen molar-refractivity contribution < 1.29 is 4.74 Å². The summed E-state index contributed by atoms with van der Waals surface area (Å²) in [6, 6.07) is 11.2. The van der Waals surface area contributed by atoms with Crippen LogP contribution in [0.5, 0.6) is 0 Å². The van der Waals surface area contributed by atoms with Crippen LogP contribution < -0.4 is 5.73 Å². The van der Waals surface area contributed by atoms with E-state index in [2.05, 4.69) is 30.3 Å². The van der Waals surface area contributed by atoms with Gasteiger partial charge in [-0.1, -0.05) is 30.3 Å². The van der Waals surface area contributed by atoms with E-state index in [0.29, 0.717) is 6.04 Å². The smallest absolute Gasteiger partial charge is 0.0468 e. The lowest BCUT2D eigenvalue weighted by molar-refractivity contribution is 0.0611. The van der Waals surface area contributed by atoms with Crippen LogP contribution in [-0.4, -0.2) is 19.3 Å². The highest BCUT2D eigenvalue weighted by atomic mass is 16.5. The number of benzene rings is 1. The van der Waals surface area contributed by atoms with Gasteiger partial charge in [-0.2, -0.15) is 0 Å². The molecule has 0 amide bonds. The quantitative estimate of drug-likeness (QED) is 0.885. The first kappa shape index (κ1) is 12.2. The van der Waals surface area contributed by atoms with E-state index in [-0.39, 0.29) is 0 Å². The largest absolute Gasteiger partial charge is 0.381 e. The fourth-order valence-electron chi connectivity index (χ4n) is 3.31. The first-order valence-corrected chi connectivity index (χ1v) is 7.23.